The molecule has 1 aliphatic rings. The monoisotopic (exact) mass is 156 g/mol. The largest absolute Gasteiger partial charge is 0.303 e. The molecule has 1 heterocycles. The molecule has 0 aromatic rings. The van der Waals surface area contributed by atoms with Gasteiger partial charge in [-0.3, -0.25) is 20.2 Å². The van der Waals surface area contributed by atoms with Gasteiger partial charge in [-0.25, -0.2) is 0 Å². The number of carbonyl (C=O) groups is 3. The molecule has 1 atom stereocenters. The molecule has 11 heavy (non-hydrogen) atoms. The number of piperazine rings is 1. The van der Waals surface area contributed by atoms with E-state index in [1.54, 1.807) is 0 Å². The van der Waals surface area contributed by atoms with E-state index in [2.05, 4.69) is 10.6 Å². The van der Waals surface area contributed by atoms with E-state index in [-0.39, 0.29) is 18.9 Å². The Morgan fingerprint density at radius 1 is 1.55 bits per heavy atom. The van der Waals surface area contributed by atoms with Crippen LogP contribution >= 0.6 is 0 Å². The van der Waals surface area contributed by atoms with Crippen molar-refractivity contribution < 1.29 is 14.4 Å². The molecule has 60 valence electrons. The zero-order valence-electron chi connectivity index (χ0n) is 5.79. The summed E-state index contributed by atoms with van der Waals surface area (Å²) in [5.74, 6) is -0.773. The second kappa shape index (κ2) is 3.25. The van der Waals surface area contributed by atoms with Crippen molar-refractivity contribution in [1.82, 2.24) is 10.6 Å². The van der Waals surface area contributed by atoms with Crippen LogP contribution in [-0.2, 0) is 14.4 Å². The lowest BCUT2D eigenvalue weighted by atomic mass is 10.2. The normalized spacial score (nSPS) is 24.5. The number of amides is 2. The van der Waals surface area contributed by atoms with Crippen LogP contribution in [-0.4, -0.2) is 30.7 Å². The Kier molecular flexibility index (Phi) is 2.32. The fourth-order valence-corrected chi connectivity index (χ4v) is 0.864. The molecule has 0 aromatic heterocycles. The SMILES string of the molecule is O=CCC1NCC(=O)NC1=O. The summed E-state index contributed by atoms with van der Waals surface area (Å²) in [6.45, 7) is 0.101. The number of imide groups is 1. The van der Waals surface area contributed by atoms with Gasteiger partial charge in [-0.2, -0.15) is 0 Å². The smallest absolute Gasteiger partial charge is 0.244 e. The average Bonchev–Trinajstić information content (AvgIpc) is 1.95. The lowest BCUT2D eigenvalue weighted by Gasteiger charge is -2.19. The highest BCUT2D eigenvalue weighted by Gasteiger charge is 2.24. The fraction of sp³-hybridized carbons (Fsp3) is 0.500. The number of hydrogen-bond acceptors (Lipinski definition) is 4. The lowest BCUT2D eigenvalue weighted by molar-refractivity contribution is -0.135. The number of hydrogen-bond donors (Lipinski definition) is 2. The van der Waals surface area contributed by atoms with Gasteiger partial charge in [0.25, 0.3) is 0 Å². The molecule has 0 aromatic carbocycles. The van der Waals surface area contributed by atoms with Crippen LogP contribution in [0.3, 0.4) is 0 Å². The Bertz CT molecular complexity index is 202. The van der Waals surface area contributed by atoms with Crippen molar-refractivity contribution in [3.8, 4) is 0 Å². The summed E-state index contributed by atoms with van der Waals surface area (Å²) in [6, 6.07) is -0.537. The molecule has 2 amide bonds. The van der Waals surface area contributed by atoms with Gasteiger partial charge in [0.2, 0.25) is 11.8 Å². The summed E-state index contributed by atoms with van der Waals surface area (Å²) in [6.07, 6.45) is 0.756. The maximum absolute atomic E-state index is 10.8. The molecular weight excluding hydrogens is 148 g/mol. The van der Waals surface area contributed by atoms with Crippen molar-refractivity contribution in [3.63, 3.8) is 0 Å². The highest BCUT2D eigenvalue weighted by Crippen LogP contribution is 1.92. The molecule has 1 rings (SSSR count). The van der Waals surface area contributed by atoms with Crippen molar-refractivity contribution >= 4 is 18.1 Å². The van der Waals surface area contributed by atoms with Gasteiger partial charge in [0.05, 0.1) is 12.6 Å². The predicted molar refractivity (Wildman–Crippen MR) is 35.6 cm³/mol. The van der Waals surface area contributed by atoms with E-state index in [4.69, 9.17) is 0 Å². The summed E-state index contributed by atoms with van der Waals surface area (Å²) in [5.41, 5.74) is 0. The van der Waals surface area contributed by atoms with Gasteiger partial charge < -0.3 is 4.79 Å². The van der Waals surface area contributed by atoms with Crippen molar-refractivity contribution in [2.75, 3.05) is 6.54 Å². The van der Waals surface area contributed by atoms with Gasteiger partial charge >= 0.3 is 0 Å². The fourth-order valence-electron chi connectivity index (χ4n) is 0.864. The number of aldehydes is 1. The van der Waals surface area contributed by atoms with E-state index in [1.165, 1.54) is 0 Å². The van der Waals surface area contributed by atoms with E-state index in [0.717, 1.165) is 0 Å². The Morgan fingerprint density at radius 3 is 2.82 bits per heavy atom. The quantitative estimate of drug-likeness (QED) is 0.365. The molecule has 0 aliphatic carbocycles. The van der Waals surface area contributed by atoms with Gasteiger partial charge in [-0.1, -0.05) is 0 Å². The van der Waals surface area contributed by atoms with Gasteiger partial charge in [0.15, 0.2) is 0 Å². The Balaban J connectivity index is 2.50. The molecule has 5 heteroatoms. The van der Waals surface area contributed by atoms with Crippen LogP contribution in [0.25, 0.3) is 0 Å². The Labute approximate surface area is 63.1 Å². The van der Waals surface area contributed by atoms with E-state index in [1.807, 2.05) is 0 Å². The third kappa shape index (κ3) is 1.84. The number of carbonyl (C=O) groups excluding carboxylic acids is 3. The highest BCUT2D eigenvalue weighted by molar-refractivity contribution is 6.01. The minimum absolute atomic E-state index is 0.101. The molecular formula is C6H8N2O3. The van der Waals surface area contributed by atoms with Crippen molar-refractivity contribution in [3.05, 3.63) is 0 Å². The highest BCUT2D eigenvalue weighted by atomic mass is 16.2. The zero-order chi connectivity index (χ0) is 8.27. The molecule has 0 bridgehead atoms. The first kappa shape index (κ1) is 7.87. The molecule has 5 nitrogen and oxygen atoms in total. The van der Waals surface area contributed by atoms with E-state index in [9.17, 15) is 14.4 Å². The summed E-state index contributed by atoms with van der Waals surface area (Å²) >= 11 is 0. The third-order valence-electron chi connectivity index (χ3n) is 1.42. The molecule has 1 unspecified atom stereocenters. The van der Waals surface area contributed by atoms with Gasteiger partial charge in [-0.05, 0) is 0 Å². The molecule has 1 aliphatic heterocycles. The minimum atomic E-state index is -0.537. The van der Waals surface area contributed by atoms with Crippen LogP contribution in [0.1, 0.15) is 6.42 Å². The summed E-state index contributed by atoms with van der Waals surface area (Å²) in [4.78, 5) is 31.4. The van der Waals surface area contributed by atoms with Gasteiger partial charge in [0.1, 0.15) is 6.29 Å². The second-order valence-corrected chi connectivity index (χ2v) is 2.25. The number of rotatable bonds is 2. The molecule has 1 fully saturated rings. The first-order valence-corrected chi connectivity index (χ1v) is 3.24. The van der Waals surface area contributed by atoms with Crippen LogP contribution in [0.5, 0.6) is 0 Å². The predicted octanol–water partition coefficient (Wildman–Crippen LogP) is -1.81. The maximum Gasteiger partial charge on any atom is 0.244 e. The Hall–Kier alpha value is -1.23. The standard InChI is InChI=1S/C6H8N2O3/c9-2-1-4-6(11)8-5(10)3-7-4/h2,4,7H,1,3H2,(H,8,10,11). The maximum atomic E-state index is 10.8. The zero-order valence-corrected chi connectivity index (χ0v) is 5.79. The Morgan fingerprint density at radius 2 is 2.27 bits per heavy atom. The van der Waals surface area contributed by atoms with Crippen LogP contribution in [0.2, 0.25) is 0 Å². The van der Waals surface area contributed by atoms with Gasteiger partial charge in [0, 0.05) is 6.42 Å². The molecule has 2 N–H and O–H groups in total. The second-order valence-electron chi connectivity index (χ2n) is 2.25. The van der Waals surface area contributed by atoms with Crippen LogP contribution in [0, 0.1) is 0 Å². The van der Waals surface area contributed by atoms with E-state index < -0.39 is 11.9 Å². The molecule has 1 saturated heterocycles. The first-order valence-electron chi connectivity index (χ1n) is 3.24. The van der Waals surface area contributed by atoms with Crippen LogP contribution < -0.4 is 10.6 Å². The van der Waals surface area contributed by atoms with E-state index in [0.29, 0.717) is 6.29 Å². The minimum Gasteiger partial charge on any atom is -0.303 e. The van der Waals surface area contributed by atoms with Crippen LogP contribution in [0.15, 0.2) is 0 Å². The average molecular weight is 156 g/mol. The van der Waals surface area contributed by atoms with Crippen molar-refractivity contribution in [1.29, 1.82) is 0 Å². The topological polar surface area (TPSA) is 75.3 Å². The first-order chi connectivity index (χ1) is 5.24. The van der Waals surface area contributed by atoms with Crippen LogP contribution in [0.4, 0.5) is 0 Å². The molecule has 0 saturated carbocycles. The third-order valence-corrected chi connectivity index (χ3v) is 1.42. The summed E-state index contributed by atoms with van der Waals surface area (Å²) in [5, 5.41) is 4.74. The number of nitrogens with one attached hydrogen (secondary N) is 2. The van der Waals surface area contributed by atoms with Crippen molar-refractivity contribution in [2.45, 2.75) is 12.5 Å². The summed E-state index contributed by atoms with van der Waals surface area (Å²) in [7, 11) is 0. The molecule has 0 radical (unpaired) electrons. The lowest BCUT2D eigenvalue weighted by Crippen LogP contribution is -2.56. The summed E-state index contributed by atoms with van der Waals surface area (Å²) < 4.78 is 0. The molecule has 0 spiro atoms. The van der Waals surface area contributed by atoms with E-state index >= 15 is 0 Å². The van der Waals surface area contributed by atoms with Crippen molar-refractivity contribution in [2.24, 2.45) is 0 Å². The van der Waals surface area contributed by atoms with Gasteiger partial charge in [-0.15, -0.1) is 0 Å².